The molecule has 0 aliphatic heterocycles. The molecular weight excluding hydrogens is 244 g/mol. The van der Waals surface area contributed by atoms with Crippen molar-refractivity contribution in [3.05, 3.63) is 29.3 Å². The van der Waals surface area contributed by atoms with E-state index < -0.39 is 18.0 Å². The zero-order valence-corrected chi connectivity index (χ0v) is 11.1. The lowest BCUT2D eigenvalue weighted by Gasteiger charge is -2.16. The van der Waals surface area contributed by atoms with E-state index in [2.05, 4.69) is 22.0 Å². The number of hydrogen-bond acceptors (Lipinski definition) is 4. The van der Waals surface area contributed by atoms with Gasteiger partial charge in [0.1, 0.15) is 12.1 Å². The Morgan fingerprint density at radius 1 is 1.37 bits per heavy atom. The van der Waals surface area contributed by atoms with Crippen molar-refractivity contribution < 1.29 is 9.59 Å². The summed E-state index contributed by atoms with van der Waals surface area (Å²) in [6.07, 6.45) is 0. The molecule has 0 bridgehead atoms. The van der Waals surface area contributed by atoms with E-state index in [4.69, 9.17) is 5.26 Å². The van der Waals surface area contributed by atoms with E-state index in [0.29, 0.717) is 11.3 Å². The van der Waals surface area contributed by atoms with Gasteiger partial charge in [-0.25, -0.2) is 4.79 Å². The summed E-state index contributed by atoms with van der Waals surface area (Å²) >= 11 is 0. The Kier molecular flexibility index (Phi) is 4.89. The summed E-state index contributed by atoms with van der Waals surface area (Å²) < 4.78 is 0. The molecule has 0 aromatic heterocycles. The van der Waals surface area contributed by atoms with Crippen LogP contribution >= 0.6 is 0 Å². The Bertz CT molecular complexity index is 534. The van der Waals surface area contributed by atoms with Crippen LogP contribution in [0.15, 0.2) is 18.2 Å². The van der Waals surface area contributed by atoms with Gasteiger partial charge in [-0.05, 0) is 25.5 Å². The van der Waals surface area contributed by atoms with E-state index in [1.165, 1.54) is 7.05 Å². The third-order valence-electron chi connectivity index (χ3n) is 2.61. The standard InChI is InChI=1S/C13H16N4O2/c1-8-5-4-6-11(10(8)7-14)16-9(2)12(18)17-13(19)15-3/h4-6,9,16H,1-3H3,(H2,15,17,18,19). The number of hydrogen-bond donors (Lipinski definition) is 3. The highest BCUT2D eigenvalue weighted by atomic mass is 16.2. The molecular formula is C13H16N4O2. The van der Waals surface area contributed by atoms with Gasteiger partial charge < -0.3 is 10.6 Å². The second-order valence-electron chi connectivity index (χ2n) is 4.04. The molecule has 19 heavy (non-hydrogen) atoms. The first kappa shape index (κ1) is 14.5. The lowest BCUT2D eigenvalue weighted by molar-refractivity contribution is -0.120. The van der Waals surface area contributed by atoms with Crippen LogP contribution < -0.4 is 16.0 Å². The molecule has 1 rings (SSSR count). The number of aryl methyl sites for hydroxylation is 1. The summed E-state index contributed by atoms with van der Waals surface area (Å²) in [5.41, 5.74) is 1.88. The van der Waals surface area contributed by atoms with E-state index in [1.54, 1.807) is 19.1 Å². The molecule has 0 saturated carbocycles. The third kappa shape index (κ3) is 3.71. The maximum Gasteiger partial charge on any atom is 0.321 e. The van der Waals surface area contributed by atoms with E-state index in [1.807, 2.05) is 13.0 Å². The van der Waals surface area contributed by atoms with Crippen molar-refractivity contribution in [1.29, 1.82) is 5.26 Å². The average Bonchev–Trinajstić information content (AvgIpc) is 2.38. The molecule has 0 aliphatic rings. The minimum Gasteiger partial charge on any atom is -0.373 e. The number of urea groups is 1. The zero-order valence-electron chi connectivity index (χ0n) is 11.1. The van der Waals surface area contributed by atoms with Crippen LogP contribution in [0.25, 0.3) is 0 Å². The van der Waals surface area contributed by atoms with Gasteiger partial charge in [0.2, 0.25) is 5.91 Å². The average molecular weight is 260 g/mol. The van der Waals surface area contributed by atoms with Crippen molar-refractivity contribution in [3.8, 4) is 6.07 Å². The number of carbonyl (C=O) groups is 2. The van der Waals surface area contributed by atoms with Crippen LogP contribution in [0.3, 0.4) is 0 Å². The van der Waals surface area contributed by atoms with Crippen molar-refractivity contribution in [3.63, 3.8) is 0 Å². The van der Waals surface area contributed by atoms with Gasteiger partial charge >= 0.3 is 6.03 Å². The van der Waals surface area contributed by atoms with Crippen molar-refractivity contribution in [2.75, 3.05) is 12.4 Å². The zero-order chi connectivity index (χ0) is 14.4. The first-order valence-corrected chi connectivity index (χ1v) is 5.78. The molecule has 0 radical (unpaired) electrons. The third-order valence-corrected chi connectivity index (χ3v) is 2.61. The molecule has 1 unspecified atom stereocenters. The molecule has 0 fully saturated rings. The number of carbonyl (C=O) groups excluding carboxylic acids is 2. The number of benzene rings is 1. The quantitative estimate of drug-likeness (QED) is 0.759. The lowest BCUT2D eigenvalue weighted by Crippen LogP contribution is -2.44. The van der Waals surface area contributed by atoms with Crippen LogP contribution in [0, 0.1) is 18.3 Å². The Morgan fingerprint density at radius 3 is 2.63 bits per heavy atom. The molecule has 3 N–H and O–H groups in total. The number of nitriles is 1. The maximum absolute atomic E-state index is 11.7. The van der Waals surface area contributed by atoms with Crippen LogP contribution in [0.1, 0.15) is 18.1 Å². The number of nitrogens with zero attached hydrogens (tertiary/aromatic N) is 1. The normalized spacial score (nSPS) is 11.1. The Labute approximate surface area is 111 Å². The van der Waals surface area contributed by atoms with Crippen molar-refractivity contribution >= 4 is 17.6 Å². The molecule has 1 aromatic rings. The summed E-state index contributed by atoms with van der Waals surface area (Å²) in [6, 6.07) is 6.22. The topological polar surface area (TPSA) is 94.0 Å². The Balaban J connectivity index is 2.80. The fraction of sp³-hybridized carbons (Fsp3) is 0.308. The van der Waals surface area contributed by atoms with Gasteiger partial charge in [-0.1, -0.05) is 12.1 Å². The van der Waals surface area contributed by atoms with E-state index in [0.717, 1.165) is 5.56 Å². The summed E-state index contributed by atoms with van der Waals surface area (Å²) in [5, 5.41) is 16.5. The van der Waals surface area contributed by atoms with Crippen molar-refractivity contribution in [2.45, 2.75) is 19.9 Å². The number of anilines is 1. The number of amides is 3. The molecule has 0 heterocycles. The van der Waals surface area contributed by atoms with Gasteiger partial charge in [0.15, 0.2) is 0 Å². The molecule has 0 spiro atoms. The summed E-state index contributed by atoms with van der Waals surface area (Å²) in [6.45, 7) is 3.43. The van der Waals surface area contributed by atoms with E-state index >= 15 is 0 Å². The Morgan fingerprint density at radius 2 is 2.05 bits per heavy atom. The largest absolute Gasteiger partial charge is 0.373 e. The van der Waals surface area contributed by atoms with E-state index in [9.17, 15) is 9.59 Å². The molecule has 6 heteroatoms. The smallest absolute Gasteiger partial charge is 0.321 e. The van der Waals surface area contributed by atoms with Gasteiger partial charge in [-0.2, -0.15) is 5.26 Å². The second-order valence-corrected chi connectivity index (χ2v) is 4.04. The van der Waals surface area contributed by atoms with Crippen molar-refractivity contribution in [1.82, 2.24) is 10.6 Å². The van der Waals surface area contributed by atoms with Gasteiger partial charge in [0.25, 0.3) is 0 Å². The summed E-state index contributed by atoms with van der Waals surface area (Å²) in [7, 11) is 1.43. The SMILES string of the molecule is CNC(=O)NC(=O)C(C)Nc1cccc(C)c1C#N. The van der Waals surface area contributed by atoms with E-state index in [-0.39, 0.29) is 0 Å². The minimum absolute atomic E-state index is 0.468. The van der Waals surface area contributed by atoms with Crippen LogP contribution in [0.5, 0.6) is 0 Å². The van der Waals surface area contributed by atoms with Crippen LogP contribution in [-0.4, -0.2) is 25.0 Å². The number of rotatable bonds is 3. The van der Waals surface area contributed by atoms with Crippen LogP contribution in [0.4, 0.5) is 10.5 Å². The second kappa shape index (κ2) is 6.40. The maximum atomic E-state index is 11.7. The first-order valence-electron chi connectivity index (χ1n) is 5.78. The predicted octanol–water partition coefficient (Wildman–Crippen LogP) is 1.12. The molecule has 0 saturated heterocycles. The fourth-order valence-electron chi connectivity index (χ4n) is 1.52. The molecule has 1 aromatic carbocycles. The van der Waals surface area contributed by atoms with Crippen LogP contribution in [0.2, 0.25) is 0 Å². The number of imide groups is 1. The van der Waals surface area contributed by atoms with Crippen molar-refractivity contribution in [2.24, 2.45) is 0 Å². The van der Waals surface area contributed by atoms with Gasteiger partial charge in [0, 0.05) is 7.05 Å². The van der Waals surface area contributed by atoms with Gasteiger partial charge in [0.05, 0.1) is 11.3 Å². The van der Waals surface area contributed by atoms with Gasteiger partial charge in [-0.3, -0.25) is 10.1 Å². The number of nitrogens with one attached hydrogen (secondary N) is 3. The summed E-state index contributed by atoms with van der Waals surface area (Å²) in [5.74, 6) is -0.468. The fourth-order valence-corrected chi connectivity index (χ4v) is 1.52. The predicted molar refractivity (Wildman–Crippen MR) is 71.6 cm³/mol. The minimum atomic E-state index is -0.633. The molecule has 100 valence electrons. The monoisotopic (exact) mass is 260 g/mol. The van der Waals surface area contributed by atoms with Gasteiger partial charge in [-0.15, -0.1) is 0 Å². The highest BCUT2D eigenvalue weighted by Crippen LogP contribution is 2.19. The molecule has 6 nitrogen and oxygen atoms in total. The lowest BCUT2D eigenvalue weighted by atomic mass is 10.1. The highest BCUT2D eigenvalue weighted by Gasteiger charge is 2.16. The van der Waals surface area contributed by atoms with Crippen LogP contribution in [-0.2, 0) is 4.79 Å². The molecule has 1 atom stereocenters. The first-order chi connectivity index (χ1) is 8.99. The molecule has 0 aliphatic carbocycles. The Hall–Kier alpha value is -2.55. The summed E-state index contributed by atoms with van der Waals surface area (Å²) in [4.78, 5) is 22.7. The highest BCUT2D eigenvalue weighted by molar-refractivity contribution is 5.98. The molecule has 3 amide bonds.